The summed E-state index contributed by atoms with van der Waals surface area (Å²) in [5.74, 6) is -0.370. The van der Waals surface area contributed by atoms with Gasteiger partial charge >= 0.3 is 0 Å². The second-order valence-electron chi connectivity index (χ2n) is 7.65. The summed E-state index contributed by atoms with van der Waals surface area (Å²) in [5.41, 5.74) is 0.513. The molecule has 8 heteroatoms. The predicted octanol–water partition coefficient (Wildman–Crippen LogP) is 6.36. The fourth-order valence-electron chi connectivity index (χ4n) is 3.57. The number of rotatable bonds is 9. The van der Waals surface area contributed by atoms with E-state index in [-0.39, 0.29) is 11.4 Å². The van der Waals surface area contributed by atoms with Crippen molar-refractivity contribution >= 4 is 32.6 Å². The Labute approximate surface area is 201 Å². The number of amides is 1. The van der Waals surface area contributed by atoms with Gasteiger partial charge in [-0.3, -0.25) is 9.69 Å². The zero-order valence-corrected chi connectivity index (χ0v) is 19.8. The lowest BCUT2D eigenvalue weighted by atomic mass is 10.2. The molecule has 176 valence electrons. The first-order chi connectivity index (χ1) is 16.5. The average molecular weight is 482 g/mol. The molecule has 0 spiro atoms. The Balaban J connectivity index is 1.61. The Bertz CT molecular complexity index is 1260. The molecule has 1 aromatic heterocycles. The van der Waals surface area contributed by atoms with E-state index in [9.17, 15) is 13.6 Å². The first-order valence-corrected chi connectivity index (χ1v) is 11.9. The highest BCUT2D eigenvalue weighted by Gasteiger charge is 2.23. The molecule has 1 heterocycles. The van der Waals surface area contributed by atoms with Gasteiger partial charge in [-0.2, -0.15) is 0 Å². The molecule has 3 aromatic carbocycles. The predicted molar refractivity (Wildman–Crippen MR) is 132 cm³/mol. The number of hydrogen-bond donors (Lipinski definition) is 0. The first kappa shape index (κ1) is 23.8. The van der Waals surface area contributed by atoms with Gasteiger partial charge in [-0.05, 0) is 55.6 Å². The van der Waals surface area contributed by atoms with Gasteiger partial charge in [0.25, 0.3) is 5.91 Å². The number of nitrogens with zero attached hydrogens (tertiary/aromatic N) is 3. The van der Waals surface area contributed by atoms with Gasteiger partial charge in [0.2, 0.25) is 0 Å². The van der Waals surface area contributed by atoms with E-state index in [0.29, 0.717) is 40.0 Å². The van der Waals surface area contributed by atoms with Crippen LogP contribution in [0.4, 0.5) is 13.9 Å². The quantitative estimate of drug-likeness (QED) is 0.279. The highest BCUT2D eigenvalue weighted by molar-refractivity contribution is 7.22. The molecule has 0 radical (unpaired) electrons. The Kier molecular flexibility index (Phi) is 7.49. The van der Waals surface area contributed by atoms with Crippen LogP contribution in [0.2, 0.25) is 0 Å². The fraction of sp³-hybridized carbons (Fsp3) is 0.231. The highest BCUT2D eigenvalue weighted by Crippen LogP contribution is 2.32. The minimum atomic E-state index is -0.740. The molecule has 0 saturated heterocycles. The number of anilines is 1. The molecule has 34 heavy (non-hydrogen) atoms. The van der Waals surface area contributed by atoms with Crippen LogP contribution in [0.3, 0.4) is 0 Å². The van der Waals surface area contributed by atoms with E-state index >= 15 is 0 Å². The van der Waals surface area contributed by atoms with Crippen molar-refractivity contribution in [2.75, 3.05) is 31.1 Å². The number of halogens is 2. The van der Waals surface area contributed by atoms with Crippen molar-refractivity contribution in [1.82, 2.24) is 9.88 Å². The van der Waals surface area contributed by atoms with Crippen molar-refractivity contribution in [3.8, 4) is 11.5 Å². The molecule has 0 aliphatic rings. The molecular formula is C26H25F2N3O2S. The number of hydrogen-bond acceptors (Lipinski definition) is 5. The van der Waals surface area contributed by atoms with Crippen LogP contribution in [0.5, 0.6) is 11.5 Å². The number of fused-ring (bicyclic) bond motifs is 1. The number of thiazole rings is 1. The van der Waals surface area contributed by atoms with E-state index in [4.69, 9.17) is 4.74 Å². The number of benzene rings is 3. The second-order valence-corrected chi connectivity index (χ2v) is 8.66. The minimum absolute atomic E-state index is 0.0636. The minimum Gasteiger partial charge on any atom is -0.457 e. The maximum absolute atomic E-state index is 14.3. The number of carbonyl (C=O) groups excluding carboxylic acids is 1. The lowest BCUT2D eigenvalue weighted by Gasteiger charge is -2.24. The van der Waals surface area contributed by atoms with Gasteiger partial charge in [-0.25, -0.2) is 13.8 Å². The fourth-order valence-corrected chi connectivity index (χ4v) is 4.60. The topological polar surface area (TPSA) is 45.7 Å². The van der Waals surface area contributed by atoms with Crippen molar-refractivity contribution in [3.63, 3.8) is 0 Å². The summed E-state index contributed by atoms with van der Waals surface area (Å²) in [4.78, 5) is 21.6. The SMILES string of the molecule is CCN(CC)CCN(C(=O)c1ccc(Oc2ccccc2)cc1)c1nc2c(F)cc(F)cc2s1. The molecule has 1 amide bonds. The summed E-state index contributed by atoms with van der Waals surface area (Å²) in [7, 11) is 0. The second kappa shape index (κ2) is 10.7. The van der Waals surface area contributed by atoms with E-state index in [0.717, 1.165) is 30.5 Å². The maximum atomic E-state index is 14.3. The van der Waals surface area contributed by atoms with Crippen LogP contribution in [-0.2, 0) is 0 Å². The van der Waals surface area contributed by atoms with E-state index in [1.807, 2.05) is 30.3 Å². The lowest BCUT2D eigenvalue weighted by molar-refractivity contribution is 0.0983. The van der Waals surface area contributed by atoms with Gasteiger partial charge in [-0.15, -0.1) is 0 Å². The Morgan fingerprint density at radius 3 is 2.29 bits per heavy atom. The summed E-state index contributed by atoms with van der Waals surface area (Å²) in [6, 6.07) is 18.3. The molecule has 4 rings (SSSR count). The third-order valence-electron chi connectivity index (χ3n) is 5.49. The zero-order valence-electron chi connectivity index (χ0n) is 19.0. The van der Waals surface area contributed by atoms with Crippen molar-refractivity contribution in [2.24, 2.45) is 0 Å². The van der Waals surface area contributed by atoms with Crippen LogP contribution in [-0.4, -0.2) is 42.0 Å². The normalized spacial score (nSPS) is 11.2. The summed E-state index contributed by atoms with van der Waals surface area (Å²) in [6.07, 6.45) is 0. The average Bonchev–Trinajstić information content (AvgIpc) is 3.27. The zero-order chi connectivity index (χ0) is 24.1. The third kappa shape index (κ3) is 5.40. The Morgan fingerprint density at radius 2 is 1.62 bits per heavy atom. The third-order valence-corrected chi connectivity index (χ3v) is 6.52. The van der Waals surface area contributed by atoms with Crippen LogP contribution in [0.25, 0.3) is 10.2 Å². The number of carbonyl (C=O) groups is 1. The molecule has 5 nitrogen and oxygen atoms in total. The molecular weight excluding hydrogens is 456 g/mol. The highest BCUT2D eigenvalue weighted by atomic mass is 32.1. The molecule has 4 aromatic rings. The van der Waals surface area contributed by atoms with Crippen LogP contribution in [0.15, 0.2) is 66.7 Å². The standard InChI is InChI=1S/C26H25F2N3O2S/c1-3-30(4-2)14-15-31(26-29-24-22(28)16-19(27)17-23(24)34-26)25(32)18-10-12-21(13-11-18)33-20-8-6-5-7-9-20/h5-13,16-17H,3-4,14-15H2,1-2H3. The van der Waals surface area contributed by atoms with Crippen molar-refractivity contribution in [1.29, 1.82) is 0 Å². The summed E-state index contributed by atoms with van der Waals surface area (Å²) in [6.45, 7) is 6.77. The van der Waals surface area contributed by atoms with E-state index in [1.54, 1.807) is 24.3 Å². The number of para-hydroxylation sites is 1. The van der Waals surface area contributed by atoms with Gasteiger partial charge in [0.15, 0.2) is 10.9 Å². The Hall–Kier alpha value is -3.36. The number of ether oxygens (including phenoxy) is 1. The van der Waals surface area contributed by atoms with Gasteiger partial charge in [-0.1, -0.05) is 43.4 Å². The van der Waals surface area contributed by atoms with Crippen molar-refractivity contribution in [2.45, 2.75) is 13.8 Å². The molecule has 0 atom stereocenters. The summed E-state index contributed by atoms with van der Waals surface area (Å²) in [5, 5.41) is 0.335. The number of likely N-dealkylation sites (N-methyl/N-ethyl adjacent to an activating group) is 1. The monoisotopic (exact) mass is 481 g/mol. The van der Waals surface area contributed by atoms with Crippen LogP contribution >= 0.6 is 11.3 Å². The van der Waals surface area contributed by atoms with Gasteiger partial charge in [0.05, 0.1) is 4.70 Å². The van der Waals surface area contributed by atoms with Crippen molar-refractivity contribution in [3.05, 3.63) is 83.9 Å². The summed E-state index contributed by atoms with van der Waals surface area (Å²) < 4.78 is 34.2. The van der Waals surface area contributed by atoms with Gasteiger partial charge in [0, 0.05) is 24.7 Å². The molecule has 0 saturated carbocycles. The summed E-state index contributed by atoms with van der Waals surface area (Å²) >= 11 is 1.10. The molecule has 0 N–H and O–H groups in total. The molecule has 0 bridgehead atoms. The van der Waals surface area contributed by atoms with E-state index in [2.05, 4.69) is 23.7 Å². The van der Waals surface area contributed by atoms with Crippen molar-refractivity contribution < 1.29 is 18.3 Å². The van der Waals surface area contributed by atoms with Crippen LogP contribution in [0, 0.1) is 11.6 Å². The van der Waals surface area contributed by atoms with Crippen LogP contribution < -0.4 is 9.64 Å². The largest absolute Gasteiger partial charge is 0.457 e. The van der Waals surface area contributed by atoms with E-state index < -0.39 is 11.6 Å². The molecule has 0 aliphatic heterocycles. The van der Waals surface area contributed by atoms with Gasteiger partial charge in [0.1, 0.15) is 22.8 Å². The maximum Gasteiger partial charge on any atom is 0.260 e. The van der Waals surface area contributed by atoms with E-state index in [1.165, 1.54) is 11.0 Å². The molecule has 0 unspecified atom stereocenters. The lowest BCUT2D eigenvalue weighted by Crippen LogP contribution is -2.38. The molecule has 0 aliphatic carbocycles. The van der Waals surface area contributed by atoms with Crippen LogP contribution in [0.1, 0.15) is 24.2 Å². The molecule has 0 fully saturated rings. The number of aromatic nitrogens is 1. The first-order valence-electron chi connectivity index (χ1n) is 11.1. The van der Waals surface area contributed by atoms with Gasteiger partial charge < -0.3 is 9.64 Å². The Morgan fingerprint density at radius 1 is 0.941 bits per heavy atom. The smallest absolute Gasteiger partial charge is 0.260 e.